The summed E-state index contributed by atoms with van der Waals surface area (Å²) < 4.78 is 0. The van der Waals surface area contributed by atoms with Crippen LogP contribution in [0.25, 0.3) is 11.1 Å². The summed E-state index contributed by atoms with van der Waals surface area (Å²) in [4.78, 5) is 0. The van der Waals surface area contributed by atoms with Crippen molar-refractivity contribution >= 4 is 11.1 Å². The summed E-state index contributed by atoms with van der Waals surface area (Å²) in [5, 5.41) is 6.45. The Hall–Kier alpha value is -3.72. The summed E-state index contributed by atoms with van der Waals surface area (Å²) in [6, 6.07) is 35.4. The molecule has 2 N–H and O–H groups in total. The van der Waals surface area contributed by atoms with Crippen LogP contribution in [0.2, 0.25) is 0 Å². The van der Waals surface area contributed by atoms with Gasteiger partial charge >= 0.3 is 0 Å². The van der Waals surface area contributed by atoms with Gasteiger partial charge in [0.2, 0.25) is 0 Å². The molecule has 0 fully saturated rings. The maximum Gasteiger partial charge on any atom is -0.00169 e. The lowest BCUT2D eigenvalue weighted by atomic mass is 9.93. The standard InChI is InChI=1S/2C19H21N/c2*1-20-14-6-11-19-17-9-4-2-7-15(17)12-13-16-8-3-5-10-18(16)19/h2*2-5,7-11,20H,6,12-14H2,1H3. The zero-order valence-corrected chi connectivity index (χ0v) is 24.0. The highest BCUT2D eigenvalue weighted by atomic mass is 14.8. The van der Waals surface area contributed by atoms with Crippen molar-refractivity contribution in [3.05, 3.63) is 154 Å². The molecule has 40 heavy (non-hydrogen) atoms. The Kier molecular flexibility index (Phi) is 9.79. The minimum absolute atomic E-state index is 1.02. The minimum atomic E-state index is 1.02. The van der Waals surface area contributed by atoms with E-state index < -0.39 is 0 Å². The molecule has 0 heterocycles. The van der Waals surface area contributed by atoms with Crippen LogP contribution in [-0.4, -0.2) is 27.2 Å². The summed E-state index contributed by atoms with van der Waals surface area (Å²) >= 11 is 0. The topological polar surface area (TPSA) is 24.1 Å². The Morgan fingerprint density at radius 3 is 1.00 bits per heavy atom. The minimum Gasteiger partial charge on any atom is -0.319 e. The number of fused-ring (bicyclic) bond motifs is 4. The van der Waals surface area contributed by atoms with Gasteiger partial charge in [-0.3, -0.25) is 0 Å². The van der Waals surface area contributed by atoms with E-state index in [0.29, 0.717) is 0 Å². The van der Waals surface area contributed by atoms with Gasteiger partial charge < -0.3 is 10.6 Å². The van der Waals surface area contributed by atoms with E-state index in [1.165, 1.54) is 55.7 Å². The molecule has 0 radical (unpaired) electrons. The summed E-state index contributed by atoms with van der Waals surface area (Å²) in [5.41, 5.74) is 14.3. The predicted octanol–water partition coefficient (Wildman–Crippen LogP) is 7.65. The average molecular weight is 527 g/mol. The van der Waals surface area contributed by atoms with Gasteiger partial charge in [0.15, 0.2) is 0 Å². The molecule has 2 aliphatic carbocycles. The Balaban J connectivity index is 0.000000161. The van der Waals surface area contributed by atoms with Gasteiger partial charge in [0.25, 0.3) is 0 Å². The van der Waals surface area contributed by atoms with E-state index in [1.807, 2.05) is 14.1 Å². The van der Waals surface area contributed by atoms with Crippen molar-refractivity contribution in [2.45, 2.75) is 38.5 Å². The Morgan fingerprint density at radius 1 is 0.450 bits per heavy atom. The number of aryl methyl sites for hydroxylation is 4. The van der Waals surface area contributed by atoms with Crippen LogP contribution in [0, 0.1) is 0 Å². The van der Waals surface area contributed by atoms with Crippen LogP contribution >= 0.6 is 0 Å². The molecule has 6 rings (SSSR count). The Labute approximate surface area is 240 Å². The third-order valence-electron chi connectivity index (χ3n) is 8.04. The van der Waals surface area contributed by atoms with Crippen molar-refractivity contribution in [1.82, 2.24) is 10.6 Å². The number of benzene rings is 4. The first kappa shape index (κ1) is 27.8. The molecule has 0 bridgehead atoms. The normalized spacial score (nSPS) is 13.3. The van der Waals surface area contributed by atoms with Gasteiger partial charge in [-0.25, -0.2) is 0 Å². The van der Waals surface area contributed by atoms with Crippen LogP contribution in [0.4, 0.5) is 0 Å². The molecule has 4 aromatic rings. The maximum atomic E-state index is 3.23. The lowest BCUT2D eigenvalue weighted by Crippen LogP contribution is -2.06. The zero-order valence-electron chi connectivity index (χ0n) is 24.0. The molecular formula is C38H42N2. The van der Waals surface area contributed by atoms with Crippen LogP contribution in [0.3, 0.4) is 0 Å². The highest BCUT2D eigenvalue weighted by molar-refractivity contribution is 5.84. The molecular weight excluding hydrogens is 484 g/mol. The van der Waals surface area contributed by atoms with Crippen LogP contribution in [0.15, 0.2) is 109 Å². The first-order chi connectivity index (χ1) is 19.8. The summed E-state index contributed by atoms with van der Waals surface area (Å²) in [6.07, 6.45) is 11.4. The average Bonchev–Trinajstić information content (AvgIpc) is 3.27. The molecule has 0 spiro atoms. The summed E-state index contributed by atoms with van der Waals surface area (Å²) in [6.45, 7) is 2.04. The molecule has 204 valence electrons. The first-order valence-corrected chi connectivity index (χ1v) is 14.8. The molecule has 0 saturated carbocycles. The first-order valence-electron chi connectivity index (χ1n) is 14.8. The predicted molar refractivity (Wildman–Crippen MR) is 172 cm³/mol. The van der Waals surface area contributed by atoms with E-state index in [1.54, 1.807) is 0 Å². The molecule has 0 atom stereocenters. The van der Waals surface area contributed by atoms with Crippen molar-refractivity contribution in [2.24, 2.45) is 0 Å². The van der Waals surface area contributed by atoms with Gasteiger partial charge in [-0.05, 0) is 121 Å². The van der Waals surface area contributed by atoms with Gasteiger partial charge in [0.1, 0.15) is 0 Å². The largest absolute Gasteiger partial charge is 0.319 e. The number of hydrogen-bond acceptors (Lipinski definition) is 2. The van der Waals surface area contributed by atoms with Crippen LogP contribution < -0.4 is 10.6 Å². The molecule has 0 aliphatic heterocycles. The highest BCUT2D eigenvalue weighted by Crippen LogP contribution is 2.34. The summed E-state index contributed by atoms with van der Waals surface area (Å²) in [5.74, 6) is 0. The lowest BCUT2D eigenvalue weighted by Gasteiger charge is -2.12. The maximum absolute atomic E-state index is 3.23. The fourth-order valence-corrected chi connectivity index (χ4v) is 5.99. The monoisotopic (exact) mass is 526 g/mol. The Morgan fingerprint density at radius 2 is 0.725 bits per heavy atom. The fourth-order valence-electron chi connectivity index (χ4n) is 5.99. The highest BCUT2D eigenvalue weighted by Gasteiger charge is 2.18. The van der Waals surface area contributed by atoms with Gasteiger partial charge in [-0.2, -0.15) is 0 Å². The molecule has 2 heteroatoms. The summed E-state index contributed by atoms with van der Waals surface area (Å²) in [7, 11) is 4.01. The molecule has 2 nitrogen and oxygen atoms in total. The smallest absolute Gasteiger partial charge is 0.00169 e. The van der Waals surface area contributed by atoms with E-state index in [4.69, 9.17) is 0 Å². The van der Waals surface area contributed by atoms with Crippen molar-refractivity contribution in [2.75, 3.05) is 27.2 Å². The van der Waals surface area contributed by atoms with Crippen LogP contribution in [0.1, 0.15) is 57.3 Å². The molecule has 0 saturated heterocycles. The molecule has 0 unspecified atom stereocenters. The second kappa shape index (κ2) is 14.1. The van der Waals surface area contributed by atoms with Crippen LogP contribution in [0.5, 0.6) is 0 Å². The lowest BCUT2D eigenvalue weighted by molar-refractivity contribution is 0.808. The van der Waals surface area contributed by atoms with E-state index >= 15 is 0 Å². The number of hydrogen-bond donors (Lipinski definition) is 2. The van der Waals surface area contributed by atoms with E-state index in [2.05, 4.69) is 120 Å². The van der Waals surface area contributed by atoms with Crippen molar-refractivity contribution in [1.29, 1.82) is 0 Å². The quantitative estimate of drug-likeness (QED) is 0.252. The molecule has 0 amide bonds. The van der Waals surface area contributed by atoms with Crippen molar-refractivity contribution in [3.63, 3.8) is 0 Å². The third kappa shape index (κ3) is 6.53. The van der Waals surface area contributed by atoms with Gasteiger partial charge in [0.05, 0.1) is 0 Å². The van der Waals surface area contributed by atoms with Gasteiger partial charge in [-0.15, -0.1) is 0 Å². The van der Waals surface area contributed by atoms with Gasteiger partial charge in [-0.1, -0.05) is 109 Å². The Bertz CT molecular complexity index is 1260. The molecule has 4 aromatic carbocycles. The molecule has 0 aromatic heterocycles. The van der Waals surface area contributed by atoms with E-state index in [9.17, 15) is 0 Å². The number of nitrogens with one attached hydrogen (secondary N) is 2. The fraction of sp³-hybridized carbons (Fsp3) is 0.263. The molecule has 2 aliphatic rings. The van der Waals surface area contributed by atoms with Crippen molar-refractivity contribution < 1.29 is 0 Å². The van der Waals surface area contributed by atoms with Gasteiger partial charge in [0, 0.05) is 0 Å². The zero-order chi connectivity index (χ0) is 27.6. The third-order valence-corrected chi connectivity index (χ3v) is 8.04. The van der Waals surface area contributed by atoms with E-state index in [-0.39, 0.29) is 0 Å². The number of rotatable bonds is 6. The second-order valence-corrected chi connectivity index (χ2v) is 10.6. The SMILES string of the molecule is CNCCC=C1c2ccccc2CCc2ccccc21.CNCCC=C1c2ccccc2CCc2ccccc21. The van der Waals surface area contributed by atoms with Crippen LogP contribution in [-0.2, 0) is 25.7 Å². The van der Waals surface area contributed by atoms with E-state index in [0.717, 1.165) is 51.6 Å². The second-order valence-electron chi connectivity index (χ2n) is 10.6. The van der Waals surface area contributed by atoms with Crippen molar-refractivity contribution in [3.8, 4) is 0 Å².